The van der Waals surface area contributed by atoms with Gasteiger partial charge in [-0.1, -0.05) is 6.08 Å². The average molecular weight is 265 g/mol. The van der Waals surface area contributed by atoms with Gasteiger partial charge < -0.3 is 9.73 Å². The van der Waals surface area contributed by atoms with E-state index in [0.29, 0.717) is 5.76 Å². The molecular formula is C13H19N3O3. The molecule has 0 amide bonds. The SMILES string of the molecule is C=CCC[C@H](c1ccc([N+](=O)[O-])o1)N1CCNCC1. The van der Waals surface area contributed by atoms with Crippen molar-refractivity contribution in [2.24, 2.45) is 0 Å². The summed E-state index contributed by atoms with van der Waals surface area (Å²) >= 11 is 0. The Morgan fingerprint density at radius 2 is 2.26 bits per heavy atom. The molecule has 104 valence electrons. The highest BCUT2D eigenvalue weighted by Gasteiger charge is 2.26. The predicted octanol–water partition coefficient (Wildman–Crippen LogP) is 2.10. The average Bonchev–Trinajstić information content (AvgIpc) is 2.90. The van der Waals surface area contributed by atoms with Gasteiger partial charge in [0.1, 0.15) is 10.7 Å². The number of rotatable bonds is 6. The van der Waals surface area contributed by atoms with E-state index in [1.54, 1.807) is 6.07 Å². The smallest absolute Gasteiger partial charge is 0.404 e. The van der Waals surface area contributed by atoms with Crippen molar-refractivity contribution in [2.45, 2.75) is 18.9 Å². The third-order valence-electron chi connectivity index (χ3n) is 3.36. The molecule has 6 heteroatoms. The Hall–Kier alpha value is -1.66. The Labute approximate surface area is 112 Å². The lowest BCUT2D eigenvalue weighted by atomic mass is 10.1. The van der Waals surface area contributed by atoms with Crippen molar-refractivity contribution in [1.82, 2.24) is 10.2 Å². The summed E-state index contributed by atoms with van der Waals surface area (Å²) < 4.78 is 5.36. The number of nitro groups is 1. The van der Waals surface area contributed by atoms with Gasteiger partial charge in [0.15, 0.2) is 0 Å². The van der Waals surface area contributed by atoms with Crippen LogP contribution in [0.25, 0.3) is 0 Å². The topological polar surface area (TPSA) is 71.5 Å². The molecule has 0 bridgehead atoms. The van der Waals surface area contributed by atoms with Crippen LogP contribution in [-0.4, -0.2) is 36.0 Å². The second-order valence-corrected chi connectivity index (χ2v) is 4.60. The lowest BCUT2D eigenvalue weighted by molar-refractivity contribution is -0.402. The summed E-state index contributed by atoms with van der Waals surface area (Å²) in [5.41, 5.74) is 0. The van der Waals surface area contributed by atoms with Crippen LogP contribution in [0.1, 0.15) is 24.6 Å². The molecule has 0 unspecified atom stereocenters. The molecule has 19 heavy (non-hydrogen) atoms. The van der Waals surface area contributed by atoms with Crippen molar-refractivity contribution in [2.75, 3.05) is 26.2 Å². The Morgan fingerprint density at radius 1 is 1.53 bits per heavy atom. The highest BCUT2D eigenvalue weighted by Crippen LogP contribution is 2.30. The van der Waals surface area contributed by atoms with E-state index in [0.717, 1.165) is 39.0 Å². The summed E-state index contributed by atoms with van der Waals surface area (Å²) in [4.78, 5) is 12.5. The summed E-state index contributed by atoms with van der Waals surface area (Å²) in [5, 5.41) is 14.0. The fourth-order valence-corrected chi connectivity index (χ4v) is 2.39. The normalized spacial score (nSPS) is 18.1. The molecule has 6 nitrogen and oxygen atoms in total. The number of furan rings is 1. The third-order valence-corrected chi connectivity index (χ3v) is 3.36. The molecule has 0 radical (unpaired) electrons. The zero-order valence-electron chi connectivity index (χ0n) is 10.9. The van der Waals surface area contributed by atoms with Gasteiger partial charge in [0.2, 0.25) is 0 Å². The molecule has 2 heterocycles. The van der Waals surface area contributed by atoms with Gasteiger partial charge in [-0.15, -0.1) is 6.58 Å². The van der Waals surface area contributed by atoms with Gasteiger partial charge in [-0.25, -0.2) is 0 Å². The fraction of sp³-hybridized carbons (Fsp3) is 0.538. The van der Waals surface area contributed by atoms with E-state index < -0.39 is 4.92 Å². The molecular weight excluding hydrogens is 246 g/mol. The Balaban J connectivity index is 2.14. The lowest BCUT2D eigenvalue weighted by Crippen LogP contribution is -2.45. The van der Waals surface area contributed by atoms with E-state index in [-0.39, 0.29) is 11.9 Å². The van der Waals surface area contributed by atoms with Gasteiger partial charge in [-0.05, 0) is 18.9 Å². The Morgan fingerprint density at radius 3 is 2.84 bits per heavy atom. The van der Waals surface area contributed by atoms with Gasteiger partial charge in [-0.2, -0.15) is 0 Å². The van der Waals surface area contributed by atoms with Gasteiger partial charge >= 0.3 is 5.88 Å². The first-order valence-electron chi connectivity index (χ1n) is 6.52. The van der Waals surface area contributed by atoms with E-state index in [1.165, 1.54) is 6.07 Å². The van der Waals surface area contributed by atoms with E-state index in [9.17, 15) is 10.1 Å². The minimum absolute atomic E-state index is 0.0915. The number of piperazine rings is 1. The maximum Gasteiger partial charge on any atom is 0.433 e. The lowest BCUT2D eigenvalue weighted by Gasteiger charge is -2.33. The zero-order chi connectivity index (χ0) is 13.7. The molecule has 0 aliphatic carbocycles. The molecule has 1 atom stereocenters. The molecule has 1 aliphatic heterocycles. The molecule has 1 aromatic heterocycles. The van der Waals surface area contributed by atoms with Crippen molar-refractivity contribution in [1.29, 1.82) is 0 Å². The summed E-state index contributed by atoms with van der Waals surface area (Å²) in [6.45, 7) is 7.46. The molecule has 1 aliphatic rings. The van der Waals surface area contributed by atoms with Gasteiger partial charge in [0, 0.05) is 26.2 Å². The number of hydrogen-bond donors (Lipinski definition) is 1. The highest BCUT2D eigenvalue weighted by molar-refractivity contribution is 5.20. The van der Waals surface area contributed by atoms with E-state index in [2.05, 4.69) is 16.8 Å². The van der Waals surface area contributed by atoms with Crippen molar-refractivity contribution < 1.29 is 9.34 Å². The van der Waals surface area contributed by atoms with E-state index in [4.69, 9.17) is 4.42 Å². The maximum atomic E-state index is 10.7. The Kier molecular flexibility index (Phi) is 4.70. The minimum atomic E-state index is -0.494. The summed E-state index contributed by atoms with van der Waals surface area (Å²) in [5.74, 6) is 0.490. The van der Waals surface area contributed by atoms with Crippen LogP contribution in [0.3, 0.4) is 0 Å². The van der Waals surface area contributed by atoms with Gasteiger partial charge in [0.25, 0.3) is 0 Å². The first kappa shape index (κ1) is 13.8. The number of nitrogens with one attached hydrogen (secondary N) is 1. The van der Waals surface area contributed by atoms with Crippen molar-refractivity contribution in [3.05, 3.63) is 40.7 Å². The highest BCUT2D eigenvalue weighted by atomic mass is 16.6. The fourth-order valence-electron chi connectivity index (χ4n) is 2.39. The number of allylic oxidation sites excluding steroid dienone is 1. The van der Waals surface area contributed by atoms with Crippen LogP contribution in [0, 0.1) is 10.1 Å². The van der Waals surface area contributed by atoms with Gasteiger partial charge in [0.05, 0.1) is 12.1 Å². The van der Waals surface area contributed by atoms with Crippen LogP contribution >= 0.6 is 0 Å². The molecule has 0 aromatic carbocycles. The zero-order valence-corrected chi connectivity index (χ0v) is 10.9. The van der Waals surface area contributed by atoms with Crippen molar-refractivity contribution in [3.8, 4) is 0 Å². The molecule has 1 aromatic rings. The summed E-state index contributed by atoms with van der Waals surface area (Å²) in [6, 6.07) is 3.24. The quantitative estimate of drug-likeness (QED) is 0.484. The molecule has 1 N–H and O–H groups in total. The van der Waals surface area contributed by atoms with Crippen LogP contribution < -0.4 is 5.32 Å². The number of nitrogens with zero attached hydrogens (tertiary/aromatic N) is 2. The molecule has 1 fully saturated rings. The first-order valence-corrected chi connectivity index (χ1v) is 6.52. The molecule has 2 rings (SSSR count). The summed E-state index contributed by atoms with van der Waals surface area (Å²) in [7, 11) is 0. The van der Waals surface area contributed by atoms with Crippen LogP contribution in [0.4, 0.5) is 5.88 Å². The Bertz CT molecular complexity index is 438. The minimum Gasteiger partial charge on any atom is -0.404 e. The summed E-state index contributed by atoms with van der Waals surface area (Å²) in [6.07, 6.45) is 3.60. The van der Waals surface area contributed by atoms with E-state index >= 15 is 0 Å². The molecule has 0 saturated carbocycles. The largest absolute Gasteiger partial charge is 0.433 e. The van der Waals surface area contributed by atoms with E-state index in [1.807, 2.05) is 6.08 Å². The first-order chi connectivity index (χ1) is 9.22. The number of hydrogen-bond acceptors (Lipinski definition) is 5. The second-order valence-electron chi connectivity index (χ2n) is 4.60. The molecule has 0 spiro atoms. The van der Waals surface area contributed by atoms with Crippen LogP contribution in [-0.2, 0) is 0 Å². The van der Waals surface area contributed by atoms with Crippen molar-refractivity contribution >= 4 is 5.88 Å². The van der Waals surface area contributed by atoms with Crippen LogP contribution in [0.5, 0.6) is 0 Å². The standard InChI is InChI=1S/C13H19N3O3/c1-2-3-4-11(15-9-7-14-8-10-15)12-5-6-13(19-12)16(17)18/h2,5-6,11,14H,1,3-4,7-10H2/t11-/m1/s1. The molecule has 1 saturated heterocycles. The predicted molar refractivity (Wildman–Crippen MR) is 72.0 cm³/mol. The van der Waals surface area contributed by atoms with Crippen LogP contribution in [0.15, 0.2) is 29.2 Å². The van der Waals surface area contributed by atoms with Crippen LogP contribution in [0.2, 0.25) is 0 Å². The van der Waals surface area contributed by atoms with Gasteiger partial charge in [-0.3, -0.25) is 15.0 Å². The maximum absolute atomic E-state index is 10.7. The van der Waals surface area contributed by atoms with Crippen molar-refractivity contribution in [3.63, 3.8) is 0 Å². The third kappa shape index (κ3) is 3.42. The monoisotopic (exact) mass is 265 g/mol. The second kappa shape index (κ2) is 6.49.